The van der Waals surface area contributed by atoms with Crippen molar-refractivity contribution < 1.29 is 17.9 Å². The lowest BCUT2D eigenvalue weighted by molar-refractivity contribution is -0.274. The predicted molar refractivity (Wildman–Crippen MR) is 66.5 cm³/mol. The Morgan fingerprint density at radius 2 is 1.83 bits per heavy atom. The molecule has 1 aliphatic rings. The highest BCUT2D eigenvalue weighted by molar-refractivity contribution is 9.10. The minimum atomic E-state index is -4.66. The lowest BCUT2D eigenvalue weighted by atomic mass is 10.0. The van der Waals surface area contributed by atoms with E-state index in [1.54, 1.807) is 12.1 Å². The van der Waals surface area contributed by atoms with Gasteiger partial charge in [0.1, 0.15) is 5.75 Å². The molecule has 2 unspecified atom stereocenters. The first-order valence-electron chi connectivity index (χ1n) is 5.68. The SMILES string of the molecule is CC1C(c2ccc(OC(F)(F)F)c(Br)c2)C1(C)C. The lowest BCUT2D eigenvalue weighted by Gasteiger charge is -2.12. The van der Waals surface area contributed by atoms with Crippen LogP contribution < -0.4 is 4.74 Å². The minimum absolute atomic E-state index is 0.197. The van der Waals surface area contributed by atoms with Gasteiger partial charge in [-0.15, -0.1) is 13.2 Å². The van der Waals surface area contributed by atoms with Crippen molar-refractivity contribution >= 4 is 15.9 Å². The predicted octanol–water partition coefficient (Wildman–Crippen LogP) is 5.11. The number of hydrogen-bond donors (Lipinski definition) is 0. The number of halogens is 4. The van der Waals surface area contributed by atoms with Crippen molar-refractivity contribution in [3.05, 3.63) is 28.2 Å². The van der Waals surface area contributed by atoms with Crippen molar-refractivity contribution in [3.8, 4) is 5.75 Å². The Morgan fingerprint density at radius 3 is 2.22 bits per heavy atom. The Morgan fingerprint density at radius 1 is 1.28 bits per heavy atom. The molecule has 1 aromatic carbocycles. The van der Waals surface area contributed by atoms with E-state index >= 15 is 0 Å². The van der Waals surface area contributed by atoms with Crippen molar-refractivity contribution in [3.63, 3.8) is 0 Å². The number of alkyl halides is 3. The lowest BCUT2D eigenvalue weighted by Crippen LogP contribution is -2.17. The number of benzene rings is 1. The smallest absolute Gasteiger partial charge is 0.405 e. The molecule has 0 aliphatic heterocycles. The van der Waals surface area contributed by atoms with Crippen LogP contribution in [0.1, 0.15) is 32.3 Å². The molecule has 18 heavy (non-hydrogen) atoms. The molecule has 0 radical (unpaired) electrons. The first-order valence-corrected chi connectivity index (χ1v) is 6.47. The van der Waals surface area contributed by atoms with Crippen LogP contribution in [0.25, 0.3) is 0 Å². The molecule has 0 amide bonds. The second-order valence-corrected chi connectivity index (χ2v) is 6.18. The molecule has 100 valence electrons. The largest absolute Gasteiger partial charge is 0.573 e. The van der Waals surface area contributed by atoms with Crippen molar-refractivity contribution in [1.29, 1.82) is 0 Å². The van der Waals surface area contributed by atoms with Gasteiger partial charge in [-0.05, 0) is 50.9 Å². The molecule has 1 nitrogen and oxygen atoms in total. The van der Waals surface area contributed by atoms with E-state index in [4.69, 9.17) is 0 Å². The number of rotatable bonds is 2. The Kier molecular flexibility index (Phi) is 3.16. The summed E-state index contributed by atoms with van der Waals surface area (Å²) >= 11 is 3.13. The highest BCUT2D eigenvalue weighted by atomic mass is 79.9. The normalized spacial score (nSPS) is 25.9. The summed E-state index contributed by atoms with van der Waals surface area (Å²) in [7, 11) is 0. The monoisotopic (exact) mass is 322 g/mol. The van der Waals surface area contributed by atoms with Crippen LogP contribution in [-0.4, -0.2) is 6.36 Å². The molecular formula is C13H14BrF3O. The topological polar surface area (TPSA) is 9.23 Å². The molecule has 0 spiro atoms. The number of hydrogen-bond acceptors (Lipinski definition) is 1. The Bertz CT molecular complexity index is 468. The fourth-order valence-electron chi connectivity index (χ4n) is 2.53. The fourth-order valence-corrected chi connectivity index (χ4v) is 3.01. The molecule has 0 aromatic heterocycles. The molecular weight excluding hydrogens is 309 g/mol. The van der Waals surface area contributed by atoms with E-state index in [2.05, 4.69) is 41.4 Å². The maximum atomic E-state index is 12.1. The van der Waals surface area contributed by atoms with E-state index in [9.17, 15) is 13.2 Å². The summed E-state index contributed by atoms with van der Waals surface area (Å²) in [6.07, 6.45) is -4.66. The van der Waals surface area contributed by atoms with Gasteiger partial charge in [-0.1, -0.05) is 26.8 Å². The van der Waals surface area contributed by atoms with Crippen LogP contribution in [0.4, 0.5) is 13.2 Å². The summed E-state index contributed by atoms with van der Waals surface area (Å²) < 4.78 is 40.7. The molecule has 1 aliphatic carbocycles. The molecule has 0 saturated heterocycles. The van der Waals surface area contributed by atoms with Gasteiger partial charge in [0.25, 0.3) is 0 Å². The second kappa shape index (κ2) is 4.15. The average molecular weight is 323 g/mol. The van der Waals surface area contributed by atoms with E-state index in [0.29, 0.717) is 16.3 Å². The standard InChI is InChI=1S/C13H14BrF3O/c1-7-11(12(7,2)3)8-4-5-10(9(14)6-8)18-13(15,16)17/h4-7,11H,1-3H3. The third-order valence-electron chi connectivity index (χ3n) is 3.91. The quantitative estimate of drug-likeness (QED) is 0.735. The van der Waals surface area contributed by atoms with Crippen molar-refractivity contribution in [2.75, 3.05) is 0 Å². The molecule has 5 heteroatoms. The van der Waals surface area contributed by atoms with Crippen LogP contribution in [0.15, 0.2) is 22.7 Å². The van der Waals surface area contributed by atoms with Crippen molar-refractivity contribution in [1.82, 2.24) is 0 Å². The van der Waals surface area contributed by atoms with Gasteiger partial charge in [0, 0.05) is 0 Å². The summed E-state index contributed by atoms with van der Waals surface area (Å²) in [6, 6.07) is 4.80. The first kappa shape index (κ1) is 13.7. The van der Waals surface area contributed by atoms with Gasteiger partial charge in [-0.25, -0.2) is 0 Å². The summed E-state index contributed by atoms with van der Waals surface area (Å²) in [6.45, 7) is 6.48. The third-order valence-corrected chi connectivity index (χ3v) is 4.53. The summed E-state index contributed by atoms with van der Waals surface area (Å²) in [5.41, 5.74) is 1.26. The molecule has 2 rings (SSSR count). The van der Waals surface area contributed by atoms with Crippen LogP contribution in [0, 0.1) is 11.3 Å². The zero-order valence-electron chi connectivity index (χ0n) is 10.3. The third kappa shape index (κ3) is 2.51. The highest BCUT2D eigenvalue weighted by Crippen LogP contribution is 2.64. The van der Waals surface area contributed by atoms with Gasteiger partial charge >= 0.3 is 6.36 Å². The maximum absolute atomic E-state index is 12.1. The molecule has 0 heterocycles. The second-order valence-electron chi connectivity index (χ2n) is 5.33. The van der Waals surface area contributed by atoms with Gasteiger partial charge in [-0.2, -0.15) is 0 Å². The highest BCUT2D eigenvalue weighted by Gasteiger charge is 2.55. The van der Waals surface area contributed by atoms with Crippen LogP contribution in [0.5, 0.6) is 5.75 Å². The Hall–Kier alpha value is -0.710. The molecule has 1 aromatic rings. The van der Waals surface area contributed by atoms with Gasteiger partial charge in [0.05, 0.1) is 4.47 Å². The van der Waals surface area contributed by atoms with Gasteiger partial charge in [0.2, 0.25) is 0 Å². The van der Waals surface area contributed by atoms with Gasteiger partial charge in [-0.3, -0.25) is 0 Å². The number of ether oxygens (including phenoxy) is 1. The molecule has 1 saturated carbocycles. The van der Waals surface area contributed by atoms with Crippen molar-refractivity contribution in [2.24, 2.45) is 11.3 Å². The zero-order chi connectivity index (χ0) is 13.7. The molecule has 0 N–H and O–H groups in total. The van der Waals surface area contributed by atoms with E-state index in [1.807, 2.05) is 0 Å². The van der Waals surface area contributed by atoms with E-state index in [1.165, 1.54) is 6.07 Å². The zero-order valence-corrected chi connectivity index (χ0v) is 11.9. The maximum Gasteiger partial charge on any atom is 0.573 e. The minimum Gasteiger partial charge on any atom is -0.405 e. The van der Waals surface area contributed by atoms with Crippen LogP contribution in [0.2, 0.25) is 0 Å². The summed E-state index contributed by atoms with van der Waals surface area (Å²) in [4.78, 5) is 0. The Balaban J connectivity index is 2.22. The van der Waals surface area contributed by atoms with Gasteiger partial charge < -0.3 is 4.74 Å². The van der Waals surface area contributed by atoms with Gasteiger partial charge in [0.15, 0.2) is 0 Å². The van der Waals surface area contributed by atoms with E-state index < -0.39 is 6.36 Å². The van der Waals surface area contributed by atoms with Crippen molar-refractivity contribution in [2.45, 2.75) is 33.1 Å². The fraction of sp³-hybridized carbons (Fsp3) is 0.538. The van der Waals surface area contributed by atoms with E-state index in [0.717, 1.165) is 5.56 Å². The molecule has 1 fully saturated rings. The van der Waals surface area contributed by atoms with E-state index in [-0.39, 0.29) is 11.2 Å². The average Bonchev–Trinajstić information content (AvgIpc) is 2.68. The van der Waals surface area contributed by atoms with Crippen LogP contribution >= 0.6 is 15.9 Å². The molecule has 0 bridgehead atoms. The molecule has 2 atom stereocenters. The van der Waals surface area contributed by atoms with Crippen LogP contribution in [0.3, 0.4) is 0 Å². The first-order chi connectivity index (χ1) is 8.13. The summed E-state index contributed by atoms with van der Waals surface area (Å²) in [5.74, 6) is 0.741. The van der Waals surface area contributed by atoms with Crippen LogP contribution in [-0.2, 0) is 0 Å². The Labute approximate surface area is 112 Å². The summed E-state index contributed by atoms with van der Waals surface area (Å²) in [5, 5.41) is 0.